The van der Waals surface area contributed by atoms with Crippen molar-refractivity contribution in [3.8, 4) is 5.75 Å². The zero-order chi connectivity index (χ0) is 28.3. The number of hydrogen-bond donors (Lipinski definition) is 0. The molecule has 3 fully saturated rings. The zero-order valence-electron chi connectivity index (χ0n) is 23.1. The van der Waals surface area contributed by atoms with E-state index in [9.17, 15) is 27.2 Å². The van der Waals surface area contributed by atoms with Crippen LogP contribution in [0.25, 0.3) is 5.57 Å². The minimum atomic E-state index is -4.35. The first-order chi connectivity index (χ1) is 19.1. The van der Waals surface area contributed by atoms with Crippen molar-refractivity contribution in [3.05, 3.63) is 35.7 Å². The van der Waals surface area contributed by atoms with Crippen molar-refractivity contribution in [3.63, 3.8) is 0 Å². The average molecular weight is 565 g/mol. The normalized spacial score (nSPS) is 23.8. The van der Waals surface area contributed by atoms with Crippen molar-refractivity contribution in [2.24, 2.45) is 17.3 Å². The van der Waals surface area contributed by atoms with Crippen LogP contribution in [0, 0.1) is 23.1 Å². The molecular formula is C31H40F4N2O3. The van der Waals surface area contributed by atoms with Gasteiger partial charge >= 0.3 is 6.18 Å². The van der Waals surface area contributed by atoms with E-state index in [1.807, 2.05) is 11.0 Å². The van der Waals surface area contributed by atoms with E-state index in [2.05, 4.69) is 6.08 Å². The lowest BCUT2D eigenvalue weighted by molar-refractivity contribution is -0.225. The molecule has 0 spiro atoms. The van der Waals surface area contributed by atoms with Gasteiger partial charge in [-0.25, -0.2) is 4.39 Å². The summed E-state index contributed by atoms with van der Waals surface area (Å²) in [4.78, 5) is 28.9. The number of nitrogens with zero attached hydrogens (tertiary/aromatic N) is 2. The Labute approximate surface area is 233 Å². The summed E-state index contributed by atoms with van der Waals surface area (Å²) in [6.45, 7) is 2.82. The maximum Gasteiger partial charge on any atom is 0.395 e. The number of carbonyl (C=O) groups is 2. The highest BCUT2D eigenvalue weighted by atomic mass is 19.4. The van der Waals surface area contributed by atoms with Gasteiger partial charge in [-0.2, -0.15) is 13.2 Å². The Morgan fingerprint density at radius 3 is 2.25 bits per heavy atom. The Morgan fingerprint density at radius 2 is 1.65 bits per heavy atom. The Hall–Kier alpha value is -2.58. The van der Waals surface area contributed by atoms with Gasteiger partial charge in [-0.1, -0.05) is 25.0 Å². The molecule has 2 saturated heterocycles. The summed E-state index contributed by atoms with van der Waals surface area (Å²) in [6, 6.07) is 4.99. The SMILES string of the molecule is O=C(CC1(C(F)(F)F)CCCC1)N1CCC(COc2ccc(C3=CCC(C(=O)N4CCCC4)CC3)cc2F)CC1. The molecule has 1 saturated carbocycles. The maximum atomic E-state index is 14.9. The second-order valence-electron chi connectivity index (χ2n) is 12.2. The van der Waals surface area contributed by atoms with Gasteiger partial charge in [-0.05, 0) is 87.0 Å². The van der Waals surface area contributed by atoms with Crippen LogP contribution in [0.15, 0.2) is 24.3 Å². The molecule has 220 valence electrons. The van der Waals surface area contributed by atoms with Crippen molar-refractivity contribution >= 4 is 17.4 Å². The number of alkyl halides is 3. The van der Waals surface area contributed by atoms with E-state index in [1.54, 1.807) is 11.0 Å². The van der Waals surface area contributed by atoms with E-state index in [0.29, 0.717) is 51.8 Å². The zero-order valence-corrected chi connectivity index (χ0v) is 23.1. The van der Waals surface area contributed by atoms with Gasteiger partial charge in [0.2, 0.25) is 11.8 Å². The van der Waals surface area contributed by atoms with Gasteiger partial charge in [0, 0.05) is 38.5 Å². The Bertz CT molecular complexity index is 1100. The second-order valence-corrected chi connectivity index (χ2v) is 12.2. The summed E-state index contributed by atoms with van der Waals surface area (Å²) in [5.74, 6) is -0.299. The molecule has 0 N–H and O–H groups in total. The van der Waals surface area contributed by atoms with Gasteiger partial charge in [0.05, 0.1) is 12.0 Å². The Balaban J connectivity index is 1.08. The van der Waals surface area contributed by atoms with Crippen LogP contribution in [0.3, 0.4) is 0 Å². The van der Waals surface area contributed by atoms with E-state index >= 15 is 0 Å². The first kappa shape index (κ1) is 28.9. The van der Waals surface area contributed by atoms with E-state index in [0.717, 1.165) is 49.9 Å². The lowest BCUT2D eigenvalue weighted by Gasteiger charge is -2.36. The second kappa shape index (κ2) is 12.1. The summed E-state index contributed by atoms with van der Waals surface area (Å²) < 4.78 is 61.8. The molecule has 2 aliphatic heterocycles. The van der Waals surface area contributed by atoms with Crippen LogP contribution in [0.5, 0.6) is 5.75 Å². The lowest BCUT2D eigenvalue weighted by Crippen LogP contribution is -2.45. The van der Waals surface area contributed by atoms with Gasteiger partial charge < -0.3 is 14.5 Å². The standard InChI is InChI=1S/C31H40F4N2O3/c32-26-19-25(23-5-7-24(8-6-23)29(39)37-15-3-4-16-37)9-10-27(26)40-21-22-11-17-36(18-12-22)28(38)20-30(31(33,34)35)13-1-2-14-30/h5,9-10,19,22,24H,1-4,6-8,11-18,20-21H2. The van der Waals surface area contributed by atoms with Crippen LogP contribution in [0.4, 0.5) is 17.6 Å². The fourth-order valence-electron chi connectivity index (χ4n) is 6.90. The number of allylic oxidation sites excluding steroid dienone is 2. The van der Waals surface area contributed by atoms with Gasteiger partial charge in [0.1, 0.15) is 0 Å². The molecule has 5 rings (SSSR count). The lowest BCUT2D eigenvalue weighted by atomic mass is 9.81. The molecule has 9 heteroatoms. The summed E-state index contributed by atoms with van der Waals surface area (Å²) in [5.41, 5.74) is -0.00535. The molecule has 1 aromatic rings. The number of amides is 2. The number of hydrogen-bond acceptors (Lipinski definition) is 3. The quantitative estimate of drug-likeness (QED) is 0.344. The number of likely N-dealkylation sites (tertiary alicyclic amines) is 2. The molecule has 2 heterocycles. The highest BCUT2D eigenvalue weighted by molar-refractivity contribution is 5.81. The summed E-state index contributed by atoms with van der Waals surface area (Å²) in [6.07, 6.45) is 3.96. The molecule has 5 nitrogen and oxygen atoms in total. The predicted molar refractivity (Wildman–Crippen MR) is 144 cm³/mol. The number of halogens is 4. The summed E-state index contributed by atoms with van der Waals surface area (Å²) in [5, 5.41) is 0. The minimum Gasteiger partial charge on any atom is -0.490 e. The number of benzene rings is 1. The Morgan fingerprint density at radius 1 is 0.950 bits per heavy atom. The number of ether oxygens (including phenoxy) is 1. The predicted octanol–water partition coefficient (Wildman–Crippen LogP) is 6.76. The molecular weight excluding hydrogens is 524 g/mol. The molecule has 1 unspecified atom stereocenters. The van der Waals surface area contributed by atoms with Crippen molar-refractivity contribution in [2.45, 2.75) is 83.2 Å². The van der Waals surface area contributed by atoms with E-state index in [-0.39, 0.29) is 36.3 Å². The molecule has 0 bridgehead atoms. The minimum absolute atomic E-state index is 0.0180. The molecule has 1 atom stereocenters. The van der Waals surface area contributed by atoms with Crippen molar-refractivity contribution in [1.82, 2.24) is 9.80 Å². The van der Waals surface area contributed by atoms with Gasteiger partial charge in [-0.3, -0.25) is 9.59 Å². The van der Waals surface area contributed by atoms with Crippen LogP contribution in [0.2, 0.25) is 0 Å². The Kier molecular flexibility index (Phi) is 8.76. The molecule has 4 aliphatic rings. The van der Waals surface area contributed by atoms with Crippen molar-refractivity contribution < 1.29 is 31.9 Å². The molecule has 2 amide bonds. The fraction of sp³-hybridized carbons (Fsp3) is 0.677. The monoisotopic (exact) mass is 564 g/mol. The number of carbonyl (C=O) groups excluding carboxylic acids is 2. The molecule has 2 aliphatic carbocycles. The molecule has 40 heavy (non-hydrogen) atoms. The van der Waals surface area contributed by atoms with Gasteiger partial charge in [0.25, 0.3) is 0 Å². The van der Waals surface area contributed by atoms with Crippen LogP contribution >= 0.6 is 0 Å². The highest BCUT2D eigenvalue weighted by Gasteiger charge is 2.57. The van der Waals surface area contributed by atoms with E-state index < -0.39 is 29.7 Å². The van der Waals surface area contributed by atoms with Crippen LogP contribution in [-0.2, 0) is 9.59 Å². The fourth-order valence-corrected chi connectivity index (χ4v) is 6.90. The van der Waals surface area contributed by atoms with Gasteiger partial charge in [0.15, 0.2) is 11.6 Å². The number of piperidine rings is 1. The third-order valence-electron chi connectivity index (χ3n) is 9.57. The van der Waals surface area contributed by atoms with Crippen molar-refractivity contribution in [1.29, 1.82) is 0 Å². The van der Waals surface area contributed by atoms with E-state index in [4.69, 9.17) is 4.74 Å². The molecule has 0 aromatic heterocycles. The third kappa shape index (κ3) is 6.33. The summed E-state index contributed by atoms with van der Waals surface area (Å²) in [7, 11) is 0. The average Bonchev–Trinajstić information content (AvgIpc) is 3.66. The smallest absolute Gasteiger partial charge is 0.395 e. The molecule has 0 radical (unpaired) electrons. The van der Waals surface area contributed by atoms with Crippen LogP contribution in [-0.4, -0.2) is 60.6 Å². The van der Waals surface area contributed by atoms with Gasteiger partial charge in [-0.15, -0.1) is 0 Å². The largest absolute Gasteiger partial charge is 0.490 e. The highest BCUT2D eigenvalue weighted by Crippen LogP contribution is 2.53. The first-order valence-corrected chi connectivity index (χ1v) is 14.9. The molecule has 1 aromatic carbocycles. The maximum absolute atomic E-state index is 14.9. The summed E-state index contributed by atoms with van der Waals surface area (Å²) >= 11 is 0. The topological polar surface area (TPSA) is 49.9 Å². The first-order valence-electron chi connectivity index (χ1n) is 14.9. The van der Waals surface area contributed by atoms with Crippen LogP contribution < -0.4 is 4.74 Å². The van der Waals surface area contributed by atoms with Crippen LogP contribution in [0.1, 0.15) is 82.6 Å². The third-order valence-corrected chi connectivity index (χ3v) is 9.57. The van der Waals surface area contributed by atoms with E-state index in [1.165, 1.54) is 6.07 Å². The number of rotatable bonds is 7. The van der Waals surface area contributed by atoms with Crippen molar-refractivity contribution in [2.75, 3.05) is 32.8 Å².